The van der Waals surface area contributed by atoms with Crippen molar-refractivity contribution in [1.82, 2.24) is 0 Å². The van der Waals surface area contributed by atoms with Crippen molar-refractivity contribution in [3.63, 3.8) is 0 Å². The summed E-state index contributed by atoms with van der Waals surface area (Å²) in [4.78, 5) is 0. The van der Waals surface area contributed by atoms with Gasteiger partial charge in [0.15, 0.2) is 0 Å². The lowest BCUT2D eigenvalue weighted by Crippen LogP contribution is -2.47. The van der Waals surface area contributed by atoms with Crippen LogP contribution in [0.1, 0.15) is 31.9 Å². The lowest BCUT2D eigenvalue weighted by Gasteiger charge is -2.43. The molecule has 0 spiro atoms. The summed E-state index contributed by atoms with van der Waals surface area (Å²) < 4.78 is 17.2. The molecule has 1 aromatic carbocycles. The predicted molar refractivity (Wildman–Crippen MR) is 75.1 cm³/mol. The molecule has 1 heterocycles. The highest BCUT2D eigenvalue weighted by Crippen LogP contribution is 2.39. The quantitative estimate of drug-likeness (QED) is 0.836. The maximum absolute atomic E-state index is 5.96. The molecule has 0 unspecified atom stereocenters. The van der Waals surface area contributed by atoms with E-state index in [0.717, 1.165) is 6.42 Å². The van der Waals surface area contributed by atoms with E-state index in [1.165, 1.54) is 5.56 Å². The highest BCUT2D eigenvalue weighted by Gasteiger charge is 2.41. The third-order valence-electron chi connectivity index (χ3n) is 4.27. The molecule has 0 radical (unpaired) electrons. The summed E-state index contributed by atoms with van der Waals surface area (Å²) in [6, 6.07) is 10.4. The average molecular weight is 264 g/mol. The van der Waals surface area contributed by atoms with Gasteiger partial charge in [-0.2, -0.15) is 0 Å². The minimum atomic E-state index is -0.211. The van der Waals surface area contributed by atoms with Gasteiger partial charge < -0.3 is 14.2 Å². The molecule has 19 heavy (non-hydrogen) atoms. The topological polar surface area (TPSA) is 27.7 Å². The van der Waals surface area contributed by atoms with Crippen molar-refractivity contribution >= 4 is 0 Å². The van der Waals surface area contributed by atoms with Crippen molar-refractivity contribution in [3.8, 4) is 0 Å². The van der Waals surface area contributed by atoms with Crippen LogP contribution in [0.25, 0.3) is 0 Å². The van der Waals surface area contributed by atoms with Crippen LogP contribution in [0.4, 0.5) is 0 Å². The first kappa shape index (κ1) is 14.5. The summed E-state index contributed by atoms with van der Waals surface area (Å²) in [6.07, 6.45) is 1.14. The first-order chi connectivity index (χ1) is 9.08. The van der Waals surface area contributed by atoms with Crippen molar-refractivity contribution in [3.05, 3.63) is 35.9 Å². The number of rotatable bonds is 4. The van der Waals surface area contributed by atoms with Crippen molar-refractivity contribution in [2.24, 2.45) is 5.92 Å². The molecular formula is C16H24O3. The molecule has 0 saturated carbocycles. The van der Waals surface area contributed by atoms with E-state index in [9.17, 15) is 0 Å². The van der Waals surface area contributed by atoms with E-state index in [2.05, 4.69) is 38.1 Å². The Bertz CT molecular complexity index is 388. The van der Waals surface area contributed by atoms with Crippen molar-refractivity contribution in [2.45, 2.75) is 38.1 Å². The summed E-state index contributed by atoms with van der Waals surface area (Å²) in [5.41, 5.74) is 1.02. The standard InChI is InChI=1S/C16H24O3/c1-16(2,18-4)13-10-14(19-11-15(13)17-3)12-8-6-5-7-9-12/h5-9,13-15H,10-11H2,1-4H3/t13-,14-,15+/m0/s1. The maximum Gasteiger partial charge on any atom is 0.0861 e. The minimum Gasteiger partial charge on any atom is -0.379 e. The van der Waals surface area contributed by atoms with Gasteiger partial charge in [-0.1, -0.05) is 30.3 Å². The Kier molecular flexibility index (Phi) is 4.61. The third-order valence-corrected chi connectivity index (χ3v) is 4.27. The fraction of sp³-hybridized carbons (Fsp3) is 0.625. The molecule has 1 aromatic rings. The highest BCUT2D eigenvalue weighted by atomic mass is 16.5. The molecular weight excluding hydrogens is 240 g/mol. The van der Waals surface area contributed by atoms with E-state index in [1.54, 1.807) is 14.2 Å². The molecule has 2 rings (SSSR count). The van der Waals surface area contributed by atoms with Gasteiger partial charge in [-0.05, 0) is 25.8 Å². The normalized spacial score (nSPS) is 28.3. The van der Waals surface area contributed by atoms with Gasteiger partial charge in [0.25, 0.3) is 0 Å². The fourth-order valence-corrected chi connectivity index (χ4v) is 2.79. The van der Waals surface area contributed by atoms with Gasteiger partial charge in [-0.15, -0.1) is 0 Å². The van der Waals surface area contributed by atoms with Gasteiger partial charge >= 0.3 is 0 Å². The Morgan fingerprint density at radius 3 is 2.42 bits per heavy atom. The number of benzene rings is 1. The van der Waals surface area contributed by atoms with Crippen molar-refractivity contribution < 1.29 is 14.2 Å². The van der Waals surface area contributed by atoms with Gasteiger partial charge in [-0.25, -0.2) is 0 Å². The molecule has 1 fully saturated rings. The van der Waals surface area contributed by atoms with Crippen LogP contribution in [0.5, 0.6) is 0 Å². The summed E-state index contributed by atoms with van der Waals surface area (Å²) in [7, 11) is 3.51. The zero-order valence-electron chi connectivity index (χ0n) is 12.3. The van der Waals surface area contributed by atoms with E-state index in [0.29, 0.717) is 12.5 Å². The molecule has 0 aliphatic carbocycles. The lowest BCUT2D eigenvalue weighted by atomic mass is 9.79. The Morgan fingerprint density at radius 2 is 1.84 bits per heavy atom. The van der Waals surface area contributed by atoms with E-state index in [1.807, 2.05) is 6.07 Å². The van der Waals surface area contributed by atoms with Crippen LogP contribution >= 0.6 is 0 Å². The second kappa shape index (κ2) is 6.04. The van der Waals surface area contributed by atoms with Gasteiger partial charge in [0.05, 0.1) is 24.4 Å². The van der Waals surface area contributed by atoms with E-state index >= 15 is 0 Å². The number of hydrogen-bond acceptors (Lipinski definition) is 3. The van der Waals surface area contributed by atoms with Crippen LogP contribution in [0, 0.1) is 5.92 Å². The molecule has 0 aromatic heterocycles. The van der Waals surface area contributed by atoms with Gasteiger partial charge in [-0.3, -0.25) is 0 Å². The second-order valence-corrected chi connectivity index (χ2v) is 5.66. The summed E-state index contributed by atoms with van der Waals surface area (Å²) in [6.45, 7) is 4.86. The Hall–Kier alpha value is -0.900. The first-order valence-electron chi connectivity index (χ1n) is 6.83. The minimum absolute atomic E-state index is 0.0925. The van der Waals surface area contributed by atoms with E-state index in [4.69, 9.17) is 14.2 Å². The van der Waals surface area contributed by atoms with Crippen LogP contribution in [0.3, 0.4) is 0 Å². The third kappa shape index (κ3) is 3.16. The molecule has 106 valence electrons. The summed E-state index contributed by atoms with van der Waals surface area (Å²) in [5.74, 6) is 0.321. The van der Waals surface area contributed by atoms with Crippen LogP contribution in [0.2, 0.25) is 0 Å². The predicted octanol–water partition coefficient (Wildman–Crippen LogP) is 3.20. The Labute approximate surface area is 115 Å². The first-order valence-corrected chi connectivity index (χ1v) is 6.83. The smallest absolute Gasteiger partial charge is 0.0861 e. The van der Waals surface area contributed by atoms with Crippen LogP contribution in [-0.4, -0.2) is 32.5 Å². The number of ether oxygens (including phenoxy) is 3. The zero-order chi connectivity index (χ0) is 13.9. The number of hydrogen-bond donors (Lipinski definition) is 0. The molecule has 1 saturated heterocycles. The van der Waals surface area contributed by atoms with Crippen LogP contribution in [-0.2, 0) is 14.2 Å². The second-order valence-electron chi connectivity index (χ2n) is 5.66. The largest absolute Gasteiger partial charge is 0.379 e. The fourth-order valence-electron chi connectivity index (χ4n) is 2.79. The SMILES string of the molecule is CO[C@@H]1CO[C@H](c2ccccc2)C[C@@H]1C(C)(C)OC. The number of methoxy groups -OCH3 is 2. The lowest BCUT2D eigenvalue weighted by molar-refractivity contribution is -0.164. The Balaban J connectivity index is 2.16. The summed E-state index contributed by atoms with van der Waals surface area (Å²) >= 11 is 0. The Morgan fingerprint density at radius 1 is 1.16 bits per heavy atom. The highest BCUT2D eigenvalue weighted by molar-refractivity contribution is 5.18. The van der Waals surface area contributed by atoms with Gasteiger partial charge in [0, 0.05) is 20.1 Å². The van der Waals surface area contributed by atoms with Crippen LogP contribution < -0.4 is 0 Å². The summed E-state index contributed by atoms with van der Waals surface area (Å²) in [5, 5.41) is 0. The van der Waals surface area contributed by atoms with E-state index < -0.39 is 0 Å². The zero-order valence-corrected chi connectivity index (χ0v) is 12.3. The average Bonchev–Trinajstić information content (AvgIpc) is 2.47. The van der Waals surface area contributed by atoms with Crippen molar-refractivity contribution in [2.75, 3.05) is 20.8 Å². The molecule has 1 aliphatic heterocycles. The molecule has 3 atom stereocenters. The van der Waals surface area contributed by atoms with Gasteiger partial charge in [0.2, 0.25) is 0 Å². The van der Waals surface area contributed by atoms with Gasteiger partial charge in [0.1, 0.15) is 0 Å². The molecule has 1 aliphatic rings. The molecule has 3 heteroatoms. The van der Waals surface area contributed by atoms with Crippen molar-refractivity contribution in [1.29, 1.82) is 0 Å². The van der Waals surface area contributed by atoms with Crippen LogP contribution in [0.15, 0.2) is 30.3 Å². The molecule has 0 N–H and O–H groups in total. The molecule has 0 amide bonds. The monoisotopic (exact) mass is 264 g/mol. The maximum atomic E-state index is 5.96. The molecule has 0 bridgehead atoms. The molecule has 3 nitrogen and oxygen atoms in total. The van der Waals surface area contributed by atoms with E-state index in [-0.39, 0.29) is 17.8 Å².